The molecular formula is C16H22N4O2. The molecule has 6 nitrogen and oxygen atoms in total. The molecule has 1 aliphatic heterocycles. The molecule has 0 aromatic carbocycles. The van der Waals surface area contributed by atoms with Crippen LogP contribution in [0.4, 0.5) is 0 Å². The maximum atomic E-state index is 11.6. The van der Waals surface area contributed by atoms with Crippen molar-refractivity contribution in [1.29, 1.82) is 0 Å². The molecule has 1 saturated heterocycles. The van der Waals surface area contributed by atoms with Gasteiger partial charge in [0.25, 0.3) is 0 Å². The van der Waals surface area contributed by atoms with Crippen LogP contribution >= 0.6 is 0 Å². The third-order valence-electron chi connectivity index (χ3n) is 4.31. The number of rotatable bonds is 4. The Bertz CT molecular complexity index is 680. The Labute approximate surface area is 130 Å². The number of hydrogen-bond acceptors (Lipinski definition) is 5. The van der Waals surface area contributed by atoms with E-state index < -0.39 is 0 Å². The second-order valence-corrected chi connectivity index (χ2v) is 6.19. The van der Waals surface area contributed by atoms with Crippen molar-refractivity contribution in [2.75, 3.05) is 20.2 Å². The van der Waals surface area contributed by atoms with E-state index in [0.29, 0.717) is 17.5 Å². The molecular weight excluding hydrogens is 280 g/mol. The van der Waals surface area contributed by atoms with Crippen LogP contribution in [0.15, 0.2) is 18.3 Å². The van der Waals surface area contributed by atoms with Gasteiger partial charge in [0.2, 0.25) is 0 Å². The number of ether oxygens (including phenoxy) is 1. The van der Waals surface area contributed by atoms with Crippen LogP contribution in [0.1, 0.15) is 36.5 Å². The van der Waals surface area contributed by atoms with Gasteiger partial charge >= 0.3 is 5.97 Å². The minimum Gasteiger partial charge on any atom is -0.465 e. The van der Waals surface area contributed by atoms with Crippen molar-refractivity contribution >= 4 is 11.6 Å². The lowest BCUT2D eigenvalue weighted by Crippen LogP contribution is -2.28. The van der Waals surface area contributed by atoms with Crippen LogP contribution in [0.5, 0.6) is 0 Å². The molecule has 1 unspecified atom stereocenters. The second kappa shape index (κ2) is 6.04. The Morgan fingerprint density at radius 1 is 1.45 bits per heavy atom. The molecule has 6 heteroatoms. The van der Waals surface area contributed by atoms with Gasteiger partial charge in [-0.2, -0.15) is 5.10 Å². The Hall–Kier alpha value is -1.95. The zero-order valence-corrected chi connectivity index (χ0v) is 13.3. The summed E-state index contributed by atoms with van der Waals surface area (Å²) in [6, 6.07) is 4.12. The smallest absolute Gasteiger partial charge is 0.339 e. The third kappa shape index (κ3) is 2.97. The summed E-state index contributed by atoms with van der Waals surface area (Å²) in [7, 11) is 1.37. The molecule has 0 saturated carbocycles. The summed E-state index contributed by atoms with van der Waals surface area (Å²) in [4.78, 5) is 18.6. The van der Waals surface area contributed by atoms with E-state index >= 15 is 0 Å². The number of hydrogen-bond donors (Lipinski definition) is 0. The minimum atomic E-state index is -0.359. The van der Waals surface area contributed by atoms with Gasteiger partial charge in [0.1, 0.15) is 0 Å². The quantitative estimate of drug-likeness (QED) is 0.806. The molecule has 3 heterocycles. The highest BCUT2D eigenvalue weighted by Crippen LogP contribution is 2.21. The maximum absolute atomic E-state index is 11.6. The monoisotopic (exact) mass is 302 g/mol. The first-order valence-corrected chi connectivity index (χ1v) is 7.74. The van der Waals surface area contributed by atoms with Gasteiger partial charge in [-0.1, -0.05) is 0 Å². The highest BCUT2D eigenvalue weighted by molar-refractivity contribution is 5.89. The van der Waals surface area contributed by atoms with E-state index in [4.69, 9.17) is 4.74 Å². The summed E-state index contributed by atoms with van der Waals surface area (Å²) in [6.07, 6.45) is 3.76. The number of methoxy groups -OCH3 is 1. The lowest BCUT2D eigenvalue weighted by Gasteiger charge is -2.19. The number of likely N-dealkylation sites (tertiary alicyclic amines) is 1. The van der Waals surface area contributed by atoms with Crippen molar-refractivity contribution in [3.05, 3.63) is 29.7 Å². The first-order chi connectivity index (χ1) is 10.6. The molecule has 3 rings (SSSR count). The molecule has 1 fully saturated rings. The van der Waals surface area contributed by atoms with Crippen molar-refractivity contribution in [3.8, 4) is 0 Å². The van der Waals surface area contributed by atoms with Gasteiger partial charge in [-0.05, 0) is 44.9 Å². The van der Waals surface area contributed by atoms with Crippen LogP contribution in [0.25, 0.3) is 5.65 Å². The molecule has 0 radical (unpaired) electrons. The van der Waals surface area contributed by atoms with Gasteiger partial charge in [0.05, 0.1) is 12.7 Å². The average molecular weight is 302 g/mol. The van der Waals surface area contributed by atoms with E-state index in [0.717, 1.165) is 31.0 Å². The van der Waals surface area contributed by atoms with Crippen molar-refractivity contribution in [2.45, 2.75) is 32.7 Å². The number of carbonyl (C=O) groups excluding carboxylic acids is 1. The largest absolute Gasteiger partial charge is 0.465 e. The van der Waals surface area contributed by atoms with Crippen LogP contribution < -0.4 is 0 Å². The normalized spacial score (nSPS) is 19.2. The second-order valence-electron chi connectivity index (χ2n) is 6.19. The zero-order chi connectivity index (χ0) is 15.7. The van der Waals surface area contributed by atoms with E-state index in [2.05, 4.69) is 28.8 Å². The van der Waals surface area contributed by atoms with Gasteiger partial charge in [-0.3, -0.25) is 0 Å². The van der Waals surface area contributed by atoms with Gasteiger partial charge in [0, 0.05) is 25.2 Å². The lowest BCUT2D eigenvalue weighted by molar-refractivity contribution is 0.0600. The Morgan fingerprint density at radius 3 is 2.95 bits per heavy atom. The number of esters is 1. The Morgan fingerprint density at radius 2 is 2.27 bits per heavy atom. The molecule has 1 atom stereocenters. The standard InChI is InChI=1S/C16H22N4O2/c1-11(2)19-7-6-12(9-19)8-14-17-15-5-4-13(16(21)22-3)10-20(15)18-14/h4-5,10-12H,6-9H2,1-3H3. The van der Waals surface area contributed by atoms with Gasteiger partial charge in [0.15, 0.2) is 11.5 Å². The molecule has 0 N–H and O–H groups in total. The number of fused-ring (bicyclic) bond motifs is 1. The summed E-state index contributed by atoms with van der Waals surface area (Å²) >= 11 is 0. The number of carbonyl (C=O) groups is 1. The van der Waals surface area contributed by atoms with Gasteiger partial charge in [-0.25, -0.2) is 14.3 Å². The maximum Gasteiger partial charge on any atom is 0.339 e. The molecule has 2 aromatic heterocycles. The fourth-order valence-electron chi connectivity index (χ4n) is 3.01. The lowest BCUT2D eigenvalue weighted by atomic mass is 10.1. The fraction of sp³-hybridized carbons (Fsp3) is 0.562. The molecule has 0 bridgehead atoms. The topological polar surface area (TPSA) is 59.7 Å². The molecule has 2 aromatic rings. The minimum absolute atomic E-state index is 0.359. The molecule has 0 spiro atoms. The van der Waals surface area contributed by atoms with Crippen LogP contribution in [-0.2, 0) is 11.2 Å². The van der Waals surface area contributed by atoms with E-state index in [-0.39, 0.29) is 5.97 Å². The Balaban J connectivity index is 1.74. The van der Waals surface area contributed by atoms with E-state index in [9.17, 15) is 4.79 Å². The highest BCUT2D eigenvalue weighted by Gasteiger charge is 2.25. The number of aromatic nitrogens is 3. The molecule has 22 heavy (non-hydrogen) atoms. The van der Waals surface area contributed by atoms with Crippen LogP contribution in [0.2, 0.25) is 0 Å². The zero-order valence-electron chi connectivity index (χ0n) is 13.3. The fourth-order valence-corrected chi connectivity index (χ4v) is 3.01. The first-order valence-electron chi connectivity index (χ1n) is 7.74. The molecule has 0 aliphatic carbocycles. The summed E-state index contributed by atoms with van der Waals surface area (Å²) in [5.41, 5.74) is 1.25. The van der Waals surface area contributed by atoms with Crippen molar-refractivity contribution in [3.63, 3.8) is 0 Å². The van der Waals surface area contributed by atoms with E-state index in [1.165, 1.54) is 13.5 Å². The Kier molecular flexibility index (Phi) is 4.11. The predicted molar refractivity (Wildman–Crippen MR) is 82.8 cm³/mol. The SMILES string of the molecule is COC(=O)c1ccc2nc(CC3CCN(C(C)C)C3)nn2c1. The predicted octanol–water partition coefficient (Wildman–Crippen LogP) is 1.79. The summed E-state index contributed by atoms with van der Waals surface area (Å²) < 4.78 is 6.39. The average Bonchev–Trinajstić information content (AvgIpc) is 3.12. The van der Waals surface area contributed by atoms with Crippen molar-refractivity contribution in [1.82, 2.24) is 19.5 Å². The summed E-state index contributed by atoms with van der Waals surface area (Å²) in [5.74, 6) is 1.10. The summed E-state index contributed by atoms with van der Waals surface area (Å²) in [6.45, 7) is 6.74. The highest BCUT2D eigenvalue weighted by atomic mass is 16.5. The first kappa shape index (κ1) is 15.0. The van der Waals surface area contributed by atoms with Crippen molar-refractivity contribution < 1.29 is 9.53 Å². The van der Waals surface area contributed by atoms with E-state index in [1.54, 1.807) is 22.8 Å². The van der Waals surface area contributed by atoms with Crippen LogP contribution in [0, 0.1) is 5.92 Å². The number of nitrogens with zero attached hydrogens (tertiary/aromatic N) is 4. The summed E-state index contributed by atoms with van der Waals surface area (Å²) in [5, 5.41) is 4.50. The van der Waals surface area contributed by atoms with Crippen LogP contribution in [0.3, 0.4) is 0 Å². The number of pyridine rings is 1. The van der Waals surface area contributed by atoms with Crippen LogP contribution in [-0.4, -0.2) is 51.7 Å². The van der Waals surface area contributed by atoms with Gasteiger partial charge < -0.3 is 9.64 Å². The molecule has 0 amide bonds. The van der Waals surface area contributed by atoms with Crippen molar-refractivity contribution in [2.24, 2.45) is 5.92 Å². The molecule has 118 valence electrons. The van der Waals surface area contributed by atoms with E-state index in [1.807, 2.05) is 0 Å². The van der Waals surface area contributed by atoms with Gasteiger partial charge in [-0.15, -0.1) is 0 Å². The molecule has 1 aliphatic rings. The third-order valence-corrected chi connectivity index (χ3v) is 4.31.